The van der Waals surface area contributed by atoms with Crippen LogP contribution >= 0.6 is 12.2 Å². The van der Waals surface area contributed by atoms with Gasteiger partial charge in [0.05, 0.1) is 0 Å². The molecule has 0 fully saturated rings. The van der Waals surface area contributed by atoms with E-state index in [2.05, 4.69) is 30.0 Å². The molecule has 0 aliphatic carbocycles. The third-order valence-corrected chi connectivity index (χ3v) is 4.14. The highest BCUT2D eigenvalue weighted by atomic mass is 32.1. The van der Waals surface area contributed by atoms with Gasteiger partial charge in [-0.05, 0) is 55.7 Å². The SMILES string of the molecule is CCCC[C@@H](CC)CNC(=S)NNC(=O)[C@@H](C)Oc1ccc(F)cc1. The molecule has 1 amide bonds. The minimum absolute atomic E-state index is 0.355. The molecule has 7 heteroatoms. The summed E-state index contributed by atoms with van der Waals surface area (Å²) in [6.45, 7) is 6.72. The van der Waals surface area contributed by atoms with E-state index >= 15 is 0 Å². The van der Waals surface area contributed by atoms with Crippen molar-refractivity contribution in [2.24, 2.45) is 5.92 Å². The lowest BCUT2D eigenvalue weighted by atomic mass is 9.99. The maximum Gasteiger partial charge on any atom is 0.279 e. The molecule has 1 aromatic rings. The first-order chi connectivity index (χ1) is 12.0. The molecule has 1 aromatic carbocycles. The first-order valence-electron chi connectivity index (χ1n) is 8.72. The summed E-state index contributed by atoms with van der Waals surface area (Å²) in [5, 5.41) is 3.49. The minimum Gasteiger partial charge on any atom is -0.481 e. The molecule has 0 saturated carbocycles. The Hall–Kier alpha value is -1.89. The molecule has 0 aliphatic rings. The van der Waals surface area contributed by atoms with Crippen molar-refractivity contribution in [1.82, 2.24) is 16.2 Å². The Morgan fingerprint density at radius 1 is 1.24 bits per heavy atom. The van der Waals surface area contributed by atoms with E-state index in [0.717, 1.165) is 19.4 Å². The van der Waals surface area contributed by atoms with E-state index in [1.165, 1.54) is 37.1 Å². The van der Waals surface area contributed by atoms with Gasteiger partial charge in [0.1, 0.15) is 11.6 Å². The van der Waals surface area contributed by atoms with Crippen molar-refractivity contribution in [3.05, 3.63) is 30.1 Å². The van der Waals surface area contributed by atoms with Crippen LogP contribution in [0.1, 0.15) is 46.5 Å². The Balaban J connectivity index is 2.29. The summed E-state index contributed by atoms with van der Waals surface area (Å²) in [6, 6.07) is 5.50. The molecule has 0 saturated heterocycles. The number of unbranched alkanes of at least 4 members (excludes halogenated alkanes) is 1. The topological polar surface area (TPSA) is 62.4 Å². The first-order valence-corrected chi connectivity index (χ1v) is 9.13. The zero-order valence-corrected chi connectivity index (χ0v) is 15.9. The van der Waals surface area contributed by atoms with Crippen LogP contribution in [0.3, 0.4) is 0 Å². The summed E-state index contributed by atoms with van der Waals surface area (Å²) < 4.78 is 18.3. The summed E-state index contributed by atoms with van der Waals surface area (Å²) in [5.74, 6) is 0.265. The lowest BCUT2D eigenvalue weighted by Gasteiger charge is -2.19. The standard InChI is InChI=1S/C18H28FN3O2S/c1-4-6-7-14(5-2)12-20-18(25)22-21-17(23)13(3)24-16-10-8-15(19)9-11-16/h8-11,13-14H,4-7,12H2,1-3H3,(H,21,23)(H2,20,22,25)/t13-,14-/m1/s1. The predicted molar refractivity (Wildman–Crippen MR) is 102 cm³/mol. The minimum atomic E-state index is -0.742. The monoisotopic (exact) mass is 369 g/mol. The van der Waals surface area contributed by atoms with Crippen LogP contribution in [0, 0.1) is 11.7 Å². The van der Waals surface area contributed by atoms with Crippen molar-refractivity contribution in [3.63, 3.8) is 0 Å². The Labute approximate surface area is 154 Å². The normalized spacial score (nSPS) is 12.8. The average Bonchev–Trinajstić information content (AvgIpc) is 2.61. The van der Waals surface area contributed by atoms with Gasteiger partial charge in [0.15, 0.2) is 11.2 Å². The largest absolute Gasteiger partial charge is 0.481 e. The number of nitrogens with one attached hydrogen (secondary N) is 3. The van der Waals surface area contributed by atoms with Crippen molar-refractivity contribution in [2.45, 2.75) is 52.6 Å². The quantitative estimate of drug-likeness (QED) is 0.460. The molecule has 1 rings (SSSR count). The average molecular weight is 370 g/mol. The lowest BCUT2D eigenvalue weighted by Crippen LogP contribution is -2.51. The summed E-state index contributed by atoms with van der Waals surface area (Å²) in [4.78, 5) is 12.0. The number of amides is 1. The highest BCUT2D eigenvalue weighted by Crippen LogP contribution is 2.13. The molecule has 0 radical (unpaired) electrons. The second-order valence-corrected chi connectivity index (χ2v) is 6.36. The van der Waals surface area contributed by atoms with E-state index in [1.807, 2.05) is 0 Å². The maximum absolute atomic E-state index is 12.8. The van der Waals surface area contributed by atoms with Crippen LogP contribution in [0.2, 0.25) is 0 Å². The Kier molecular flexibility index (Phi) is 9.84. The zero-order chi connectivity index (χ0) is 18.7. The number of halogens is 1. The predicted octanol–water partition coefficient (Wildman–Crippen LogP) is 3.30. The molecular weight excluding hydrogens is 341 g/mol. The number of benzene rings is 1. The van der Waals surface area contributed by atoms with E-state index in [0.29, 0.717) is 16.8 Å². The number of ether oxygens (including phenoxy) is 1. The molecule has 0 spiro atoms. The number of carbonyl (C=O) groups excluding carboxylic acids is 1. The van der Waals surface area contributed by atoms with Gasteiger partial charge in [-0.15, -0.1) is 0 Å². The van der Waals surface area contributed by atoms with Crippen molar-refractivity contribution in [1.29, 1.82) is 0 Å². The number of rotatable bonds is 9. The highest BCUT2D eigenvalue weighted by molar-refractivity contribution is 7.80. The third kappa shape index (κ3) is 8.67. The fraction of sp³-hybridized carbons (Fsp3) is 0.556. The van der Waals surface area contributed by atoms with Crippen LogP contribution in [0.4, 0.5) is 4.39 Å². The van der Waals surface area contributed by atoms with Gasteiger partial charge in [0.25, 0.3) is 5.91 Å². The van der Waals surface area contributed by atoms with Crippen LogP contribution in [-0.4, -0.2) is 23.7 Å². The molecule has 0 heterocycles. The second kappa shape index (κ2) is 11.6. The molecule has 3 N–H and O–H groups in total. The van der Waals surface area contributed by atoms with Gasteiger partial charge < -0.3 is 10.1 Å². The van der Waals surface area contributed by atoms with Crippen LogP contribution in [0.5, 0.6) is 5.75 Å². The fourth-order valence-corrected chi connectivity index (χ4v) is 2.35. The lowest BCUT2D eigenvalue weighted by molar-refractivity contribution is -0.127. The molecule has 5 nitrogen and oxygen atoms in total. The Morgan fingerprint density at radius 2 is 1.92 bits per heavy atom. The van der Waals surface area contributed by atoms with Gasteiger partial charge in [0.2, 0.25) is 0 Å². The van der Waals surface area contributed by atoms with Crippen molar-refractivity contribution >= 4 is 23.2 Å². The maximum atomic E-state index is 12.8. The number of carbonyl (C=O) groups is 1. The summed E-state index contributed by atoms with van der Waals surface area (Å²) in [5.41, 5.74) is 5.18. The van der Waals surface area contributed by atoms with Gasteiger partial charge in [-0.1, -0.05) is 33.1 Å². The zero-order valence-electron chi connectivity index (χ0n) is 15.1. The van der Waals surface area contributed by atoms with Gasteiger partial charge in [-0.25, -0.2) is 4.39 Å². The van der Waals surface area contributed by atoms with Crippen LogP contribution in [0.15, 0.2) is 24.3 Å². The van der Waals surface area contributed by atoms with E-state index in [-0.39, 0.29) is 11.7 Å². The Morgan fingerprint density at radius 3 is 2.52 bits per heavy atom. The van der Waals surface area contributed by atoms with Crippen molar-refractivity contribution in [3.8, 4) is 5.75 Å². The Bertz CT molecular complexity index is 540. The molecule has 25 heavy (non-hydrogen) atoms. The van der Waals surface area contributed by atoms with Crippen LogP contribution in [-0.2, 0) is 4.79 Å². The number of hydrogen-bond acceptors (Lipinski definition) is 3. The van der Waals surface area contributed by atoms with Gasteiger partial charge >= 0.3 is 0 Å². The van der Waals surface area contributed by atoms with Crippen LogP contribution in [0.25, 0.3) is 0 Å². The molecule has 2 atom stereocenters. The molecular formula is C18H28FN3O2S. The highest BCUT2D eigenvalue weighted by Gasteiger charge is 2.15. The van der Waals surface area contributed by atoms with E-state index in [4.69, 9.17) is 17.0 Å². The van der Waals surface area contributed by atoms with E-state index < -0.39 is 6.10 Å². The van der Waals surface area contributed by atoms with E-state index in [9.17, 15) is 9.18 Å². The molecule has 0 aliphatic heterocycles. The smallest absolute Gasteiger partial charge is 0.279 e. The number of thiocarbonyl (C=S) groups is 1. The fourth-order valence-electron chi connectivity index (χ4n) is 2.22. The molecule has 0 unspecified atom stereocenters. The van der Waals surface area contributed by atoms with Gasteiger partial charge in [0, 0.05) is 6.54 Å². The van der Waals surface area contributed by atoms with Crippen molar-refractivity contribution < 1.29 is 13.9 Å². The number of hydrazine groups is 1. The van der Waals surface area contributed by atoms with Gasteiger partial charge in [-0.3, -0.25) is 15.6 Å². The summed E-state index contributed by atoms with van der Waals surface area (Å²) in [7, 11) is 0. The number of hydrogen-bond donors (Lipinski definition) is 3. The summed E-state index contributed by atoms with van der Waals surface area (Å²) >= 11 is 5.16. The third-order valence-electron chi connectivity index (χ3n) is 3.89. The van der Waals surface area contributed by atoms with Crippen LogP contribution < -0.4 is 20.9 Å². The second-order valence-electron chi connectivity index (χ2n) is 5.95. The molecule has 140 valence electrons. The molecule has 0 bridgehead atoms. The van der Waals surface area contributed by atoms with Gasteiger partial charge in [-0.2, -0.15) is 0 Å². The molecule has 0 aromatic heterocycles. The van der Waals surface area contributed by atoms with Crippen molar-refractivity contribution in [2.75, 3.05) is 6.54 Å². The summed E-state index contributed by atoms with van der Waals surface area (Å²) in [6.07, 6.45) is 3.90. The van der Waals surface area contributed by atoms with E-state index in [1.54, 1.807) is 6.92 Å². The first kappa shape index (κ1) is 21.2.